The summed E-state index contributed by atoms with van der Waals surface area (Å²) in [5, 5.41) is 9.00. The molecular weight excluding hydrogens is 290 g/mol. The predicted molar refractivity (Wildman–Crippen MR) is 81.0 cm³/mol. The summed E-state index contributed by atoms with van der Waals surface area (Å²) in [6.07, 6.45) is 2.05. The van der Waals surface area contributed by atoms with E-state index in [0.717, 1.165) is 19.3 Å². The van der Waals surface area contributed by atoms with Gasteiger partial charge in [0.05, 0.1) is 18.0 Å². The first kappa shape index (κ1) is 16.0. The number of hydrogen-bond donors (Lipinski definition) is 1. The van der Waals surface area contributed by atoms with E-state index >= 15 is 0 Å². The normalized spacial score (nSPS) is 18.8. The number of hydrogen-bond acceptors (Lipinski definition) is 4. The highest BCUT2D eigenvalue weighted by Crippen LogP contribution is 2.26. The standard InChI is InChI=1S/C15H21NO4S/c1-3-5-12-10(4-2)8-13(21-12)14(17)16-6-7-20-11(9-16)15(18)19/h8,11H,3-7,9H2,1-2H3,(H,18,19)/t11-/m1/s1. The van der Waals surface area contributed by atoms with Crippen molar-refractivity contribution in [3.8, 4) is 0 Å². The Hall–Kier alpha value is -1.40. The van der Waals surface area contributed by atoms with Gasteiger partial charge in [0.15, 0.2) is 6.10 Å². The molecule has 1 aliphatic rings. The second-order valence-electron chi connectivity index (χ2n) is 5.11. The molecule has 2 heterocycles. The van der Waals surface area contributed by atoms with Crippen molar-refractivity contribution in [2.45, 2.75) is 39.2 Å². The van der Waals surface area contributed by atoms with Gasteiger partial charge in [-0.2, -0.15) is 0 Å². The van der Waals surface area contributed by atoms with Gasteiger partial charge in [-0.15, -0.1) is 11.3 Å². The molecule has 0 spiro atoms. The Balaban J connectivity index is 2.13. The molecule has 1 aromatic heterocycles. The summed E-state index contributed by atoms with van der Waals surface area (Å²) in [7, 11) is 0. The van der Waals surface area contributed by atoms with Gasteiger partial charge in [0.2, 0.25) is 0 Å². The first-order valence-corrected chi connectivity index (χ1v) is 8.13. The van der Waals surface area contributed by atoms with Crippen LogP contribution >= 0.6 is 11.3 Å². The molecule has 5 nitrogen and oxygen atoms in total. The zero-order valence-electron chi connectivity index (χ0n) is 12.4. The molecule has 0 radical (unpaired) electrons. The second kappa shape index (κ2) is 7.04. The number of nitrogens with zero attached hydrogens (tertiary/aromatic N) is 1. The van der Waals surface area contributed by atoms with Gasteiger partial charge in [-0.3, -0.25) is 4.79 Å². The van der Waals surface area contributed by atoms with Crippen molar-refractivity contribution in [3.63, 3.8) is 0 Å². The van der Waals surface area contributed by atoms with E-state index in [2.05, 4.69) is 13.8 Å². The van der Waals surface area contributed by atoms with E-state index in [9.17, 15) is 9.59 Å². The third-order valence-electron chi connectivity index (χ3n) is 3.59. The van der Waals surface area contributed by atoms with Crippen LogP contribution in [0.25, 0.3) is 0 Å². The minimum Gasteiger partial charge on any atom is -0.479 e. The Morgan fingerprint density at radius 1 is 1.48 bits per heavy atom. The third-order valence-corrected chi connectivity index (χ3v) is 4.82. The monoisotopic (exact) mass is 311 g/mol. The fourth-order valence-corrected chi connectivity index (χ4v) is 3.77. The van der Waals surface area contributed by atoms with Crippen LogP contribution in [-0.2, 0) is 22.4 Å². The summed E-state index contributed by atoms with van der Waals surface area (Å²) in [6.45, 7) is 5.06. The Bertz CT molecular complexity index is 526. The third kappa shape index (κ3) is 3.63. The number of thiophene rings is 1. The number of carboxylic acids is 1. The number of carboxylic acid groups (broad SMARTS) is 1. The van der Waals surface area contributed by atoms with Gasteiger partial charge in [-0.25, -0.2) is 4.79 Å². The van der Waals surface area contributed by atoms with Gasteiger partial charge in [-0.1, -0.05) is 20.3 Å². The highest BCUT2D eigenvalue weighted by Gasteiger charge is 2.30. The molecule has 1 atom stereocenters. The molecule has 0 bridgehead atoms. The second-order valence-corrected chi connectivity index (χ2v) is 6.25. The Kier molecular flexibility index (Phi) is 5.36. The van der Waals surface area contributed by atoms with Crippen LogP contribution in [0.4, 0.5) is 0 Å². The van der Waals surface area contributed by atoms with Gasteiger partial charge in [0.25, 0.3) is 5.91 Å². The molecule has 2 rings (SSSR count). The minimum absolute atomic E-state index is 0.0772. The summed E-state index contributed by atoms with van der Waals surface area (Å²) >= 11 is 1.54. The molecular formula is C15H21NO4S. The molecule has 0 aromatic carbocycles. The highest BCUT2D eigenvalue weighted by molar-refractivity contribution is 7.14. The largest absolute Gasteiger partial charge is 0.479 e. The smallest absolute Gasteiger partial charge is 0.334 e. The predicted octanol–water partition coefficient (Wildman–Crippen LogP) is 2.19. The van der Waals surface area contributed by atoms with Crippen molar-refractivity contribution < 1.29 is 19.4 Å². The zero-order chi connectivity index (χ0) is 15.4. The zero-order valence-corrected chi connectivity index (χ0v) is 13.2. The molecule has 0 saturated carbocycles. The van der Waals surface area contributed by atoms with Crippen LogP contribution in [0, 0.1) is 0 Å². The van der Waals surface area contributed by atoms with E-state index in [1.54, 1.807) is 16.2 Å². The van der Waals surface area contributed by atoms with E-state index in [1.807, 2.05) is 6.07 Å². The van der Waals surface area contributed by atoms with Crippen molar-refractivity contribution in [3.05, 3.63) is 21.4 Å². The molecule has 1 aromatic rings. The molecule has 1 amide bonds. The first-order chi connectivity index (χ1) is 10.1. The number of aryl methyl sites for hydroxylation is 2. The Morgan fingerprint density at radius 2 is 2.24 bits per heavy atom. The van der Waals surface area contributed by atoms with E-state index in [0.29, 0.717) is 11.4 Å². The summed E-state index contributed by atoms with van der Waals surface area (Å²) in [6, 6.07) is 1.96. The molecule has 0 aliphatic carbocycles. The lowest BCUT2D eigenvalue weighted by molar-refractivity contribution is -0.154. The molecule has 1 fully saturated rings. The lowest BCUT2D eigenvalue weighted by atomic mass is 10.1. The number of carbonyl (C=O) groups is 2. The molecule has 1 saturated heterocycles. The van der Waals surface area contributed by atoms with Crippen LogP contribution in [-0.4, -0.2) is 47.7 Å². The summed E-state index contributed by atoms with van der Waals surface area (Å²) in [5.74, 6) is -1.09. The molecule has 21 heavy (non-hydrogen) atoms. The van der Waals surface area contributed by atoms with Gasteiger partial charge >= 0.3 is 5.97 Å². The maximum atomic E-state index is 12.5. The van der Waals surface area contributed by atoms with Gasteiger partial charge in [0.1, 0.15) is 0 Å². The maximum Gasteiger partial charge on any atom is 0.334 e. The van der Waals surface area contributed by atoms with E-state index in [-0.39, 0.29) is 19.1 Å². The molecule has 116 valence electrons. The van der Waals surface area contributed by atoms with Crippen molar-refractivity contribution in [1.82, 2.24) is 4.90 Å². The number of aliphatic carboxylic acids is 1. The first-order valence-electron chi connectivity index (χ1n) is 7.32. The van der Waals surface area contributed by atoms with E-state index < -0.39 is 12.1 Å². The number of amides is 1. The maximum absolute atomic E-state index is 12.5. The SMILES string of the molecule is CCCc1sc(C(=O)N2CCO[C@@H](C(=O)O)C2)cc1CC. The minimum atomic E-state index is -1.01. The van der Waals surface area contributed by atoms with Crippen molar-refractivity contribution >= 4 is 23.2 Å². The summed E-state index contributed by atoms with van der Waals surface area (Å²) in [4.78, 5) is 27.1. The van der Waals surface area contributed by atoms with Gasteiger partial charge in [0, 0.05) is 11.4 Å². The van der Waals surface area contributed by atoms with Crippen molar-refractivity contribution in [2.24, 2.45) is 0 Å². The van der Waals surface area contributed by atoms with Gasteiger partial charge < -0.3 is 14.7 Å². The molecule has 0 unspecified atom stereocenters. The highest BCUT2D eigenvalue weighted by atomic mass is 32.1. The number of carbonyl (C=O) groups excluding carboxylic acids is 1. The van der Waals surface area contributed by atoms with Gasteiger partial charge in [-0.05, 0) is 24.5 Å². The average Bonchev–Trinajstić information content (AvgIpc) is 2.90. The number of rotatable bonds is 5. The van der Waals surface area contributed by atoms with Crippen LogP contribution in [0.1, 0.15) is 40.4 Å². The van der Waals surface area contributed by atoms with Crippen LogP contribution in [0.2, 0.25) is 0 Å². The number of morpholine rings is 1. The van der Waals surface area contributed by atoms with Crippen molar-refractivity contribution in [1.29, 1.82) is 0 Å². The number of ether oxygens (including phenoxy) is 1. The van der Waals surface area contributed by atoms with Crippen molar-refractivity contribution in [2.75, 3.05) is 19.7 Å². The molecule has 6 heteroatoms. The van der Waals surface area contributed by atoms with Crippen LogP contribution < -0.4 is 0 Å². The average molecular weight is 311 g/mol. The fourth-order valence-electron chi connectivity index (χ4n) is 2.45. The summed E-state index contributed by atoms with van der Waals surface area (Å²) in [5.41, 5.74) is 1.23. The molecule has 1 N–H and O–H groups in total. The molecule has 1 aliphatic heterocycles. The van der Waals surface area contributed by atoms with E-state index in [4.69, 9.17) is 9.84 Å². The Morgan fingerprint density at radius 3 is 2.86 bits per heavy atom. The summed E-state index contributed by atoms with van der Waals surface area (Å²) < 4.78 is 5.15. The topological polar surface area (TPSA) is 66.8 Å². The Labute approximate surface area is 128 Å². The van der Waals surface area contributed by atoms with Crippen LogP contribution in [0.5, 0.6) is 0 Å². The fraction of sp³-hybridized carbons (Fsp3) is 0.600. The lowest BCUT2D eigenvalue weighted by Crippen LogP contribution is -2.48. The quantitative estimate of drug-likeness (QED) is 0.905. The van der Waals surface area contributed by atoms with Crippen LogP contribution in [0.15, 0.2) is 6.07 Å². The van der Waals surface area contributed by atoms with E-state index in [1.165, 1.54) is 10.4 Å². The lowest BCUT2D eigenvalue weighted by Gasteiger charge is -2.30. The van der Waals surface area contributed by atoms with Crippen LogP contribution in [0.3, 0.4) is 0 Å².